The molecule has 0 unspecified atom stereocenters. The second kappa shape index (κ2) is 11.1. The Labute approximate surface area is 202 Å². The van der Waals surface area contributed by atoms with E-state index in [-0.39, 0.29) is 30.1 Å². The number of ether oxygens (including phenoxy) is 1. The standard InChI is InChI=1S/C25H35ClN2O4S/c1-4-6-12-25(5-2)17-33(30,31)22-13-19(16-27-23(29)15-26)21(32-3)14-20(22)24(28-25)18-10-8-7-9-11-18/h7-8,10,13-14,24,28H,4-6,9,11-12,15-17H2,1-3H3,(H,27,29)/t24-,25-/m1/s1. The summed E-state index contributed by atoms with van der Waals surface area (Å²) >= 11 is 5.61. The van der Waals surface area contributed by atoms with Crippen LogP contribution in [0.15, 0.2) is 40.8 Å². The summed E-state index contributed by atoms with van der Waals surface area (Å²) in [7, 11) is -2.04. The van der Waals surface area contributed by atoms with Crippen molar-refractivity contribution < 1.29 is 17.9 Å². The van der Waals surface area contributed by atoms with Gasteiger partial charge in [-0.1, -0.05) is 44.9 Å². The average molecular weight is 495 g/mol. The van der Waals surface area contributed by atoms with E-state index in [2.05, 4.69) is 36.6 Å². The molecule has 2 N–H and O–H groups in total. The minimum absolute atomic E-state index is 0.0446. The number of nitrogens with one attached hydrogen (secondary N) is 2. The number of carbonyl (C=O) groups is 1. The predicted molar refractivity (Wildman–Crippen MR) is 132 cm³/mol. The molecule has 1 aliphatic carbocycles. The van der Waals surface area contributed by atoms with Crippen molar-refractivity contribution in [3.8, 4) is 5.75 Å². The summed E-state index contributed by atoms with van der Waals surface area (Å²) in [6.07, 6.45) is 11.6. The summed E-state index contributed by atoms with van der Waals surface area (Å²) in [6.45, 7) is 4.34. The van der Waals surface area contributed by atoms with Crippen LogP contribution in [0.3, 0.4) is 0 Å². The Balaban J connectivity index is 2.18. The van der Waals surface area contributed by atoms with Gasteiger partial charge in [0, 0.05) is 17.6 Å². The highest BCUT2D eigenvalue weighted by molar-refractivity contribution is 7.91. The molecule has 1 aromatic carbocycles. The van der Waals surface area contributed by atoms with Crippen molar-refractivity contribution in [3.63, 3.8) is 0 Å². The van der Waals surface area contributed by atoms with Gasteiger partial charge in [-0.05, 0) is 49.0 Å². The molecule has 0 aromatic heterocycles. The molecule has 1 aliphatic heterocycles. The minimum Gasteiger partial charge on any atom is -0.496 e. The van der Waals surface area contributed by atoms with Crippen molar-refractivity contribution in [2.45, 2.75) is 75.4 Å². The van der Waals surface area contributed by atoms with Crippen LogP contribution in [0.4, 0.5) is 0 Å². The van der Waals surface area contributed by atoms with Crippen molar-refractivity contribution in [1.29, 1.82) is 0 Å². The van der Waals surface area contributed by atoms with Crippen LogP contribution < -0.4 is 15.4 Å². The lowest BCUT2D eigenvalue weighted by Gasteiger charge is -2.37. The number of carbonyl (C=O) groups excluding carboxylic acids is 1. The van der Waals surface area contributed by atoms with E-state index in [1.54, 1.807) is 13.2 Å². The highest BCUT2D eigenvalue weighted by atomic mass is 35.5. The van der Waals surface area contributed by atoms with Crippen molar-refractivity contribution in [3.05, 3.63) is 47.1 Å². The number of hydrogen-bond donors (Lipinski definition) is 2. The number of allylic oxidation sites excluding steroid dienone is 3. The first-order chi connectivity index (χ1) is 15.8. The van der Waals surface area contributed by atoms with Crippen LogP contribution in [0.5, 0.6) is 5.75 Å². The Morgan fingerprint density at radius 2 is 2.12 bits per heavy atom. The third-order valence-corrected chi connectivity index (χ3v) is 8.87. The van der Waals surface area contributed by atoms with Gasteiger partial charge in [-0.25, -0.2) is 8.42 Å². The van der Waals surface area contributed by atoms with E-state index in [1.165, 1.54) is 5.57 Å². The van der Waals surface area contributed by atoms with Gasteiger partial charge in [0.15, 0.2) is 9.84 Å². The quantitative estimate of drug-likeness (QED) is 0.491. The van der Waals surface area contributed by atoms with Gasteiger partial charge in [-0.2, -0.15) is 0 Å². The van der Waals surface area contributed by atoms with Crippen molar-refractivity contribution in [1.82, 2.24) is 10.6 Å². The number of rotatable bonds is 9. The molecule has 1 amide bonds. The number of alkyl halides is 1. The SMILES string of the molecule is CCCC[C@]1(CC)CS(=O)(=O)c2cc(CNC(=O)CCl)c(OC)cc2[C@@H](C2=CC=CCC2)N1. The summed E-state index contributed by atoms with van der Waals surface area (Å²) in [4.78, 5) is 12.0. The van der Waals surface area contributed by atoms with Gasteiger partial charge in [-0.3, -0.25) is 10.1 Å². The van der Waals surface area contributed by atoms with Crippen LogP contribution in [0.2, 0.25) is 0 Å². The Kier molecular flexibility index (Phi) is 8.65. The van der Waals surface area contributed by atoms with Crippen LogP contribution in [-0.4, -0.2) is 38.6 Å². The van der Waals surface area contributed by atoms with E-state index in [0.717, 1.165) is 38.5 Å². The van der Waals surface area contributed by atoms with Gasteiger partial charge in [0.1, 0.15) is 11.6 Å². The molecule has 6 nitrogen and oxygen atoms in total. The Morgan fingerprint density at radius 3 is 2.73 bits per heavy atom. The second-order valence-corrected chi connectivity index (χ2v) is 11.1. The topological polar surface area (TPSA) is 84.5 Å². The molecule has 0 radical (unpaired) electrons. The van der Waals surface area contributed by atoms with E-state index < -0.39 is 15.4 Å². The zero-order valence-corrected chi connectivity index (χ0v) is 21.3. The Hall–Kier alpha value is -1.83. The molecule has 1 aromatic rings. The van der Waals surface area contributed by atoms with Gasteiger partial charge >= 0.3 is 0 Å². The van der Waals surface area contributed by atoms with Crippen molar-refractivity contribution >= 4 is 27.3 Å². The zero-order valence-electron chi connectivity index (χ0n) is 19.7. The fourth-order valence-corrected chi connectivity index (χ4v) is 7.01. The van der Waals surface area contributed by atoms with E-state index in [4.69, 9.17) is 16.3 Å². The predicted octanol–water partition coefficient (Wildman–Crippen LogP) is 4.58. The Bertz CT molecular complexity index is 1040. The average Bonchev–Trinajstić information content (AvgIpc) is 2.93. The van der Waals surface area contributed by atoms with Crippen molar-refractivity contribution in [2.24, 2.45) is 0 Å². The van der Waals surface area contributed by atoms with Gasteiger partial charge in [-0.15, -0.1) is 11.6 Å². The summed E-state index contributed by atoms with van der Waals surface area (Å²) < 4.78 is 33.2. The molecule has 0 spiro atoms. The molecule has 0 saturated heterocycles. The lowest BCUT2D eigenvalue weighted by Crippen LogP contribution is -2.50. The van der Waals surface area contributed by atoms with Crippen molar-refractivity contribution in [2.75, 3.05) is 18.7 Å². The molecule has 0 saturated carbocycles. The number of halogens is 1. The summed E-state index contributed by atoms with van der Waals surface area (Å²) in [6, 6.07) is 3.29. The third kappa shape index (κ3) is 5.81. The molecule has 0 bridgehead atoms. The molecule has 33 heavy (non-hydrogen) atoms. The second-order valence-electron chi connectivity index (χ2n) is 8.89. The molecule has 2 aliphatic rings. The maximum Gasteiger partial charge on any atom is 0.235 e. The molecule has 2 atom stereocenters. The van der Waals surface area contributed by atoms with Crippen LogP contribution in [0, 0.1) is 0 Å². The molecular weight excluding hydrogens is 460 g/mol. The van der Waals surface area contributed by atoms with E-state index >= 15 is 0 Å². The summed E-state index contributed by atoms with van der Waals surface area (Å²) in [5.74, 6) is 0.119. The van der Waals surface area contributed by atoms with Gasteiger partial charge < -0.3 is 10.1 Å². The number of sulfone groups is 1. The summed E-state index contributed by atoms with van der Waals surface area (Å²) in [5.41, 5.74) is 2.00. The highest BCUT2D eigenvalue weighted by Crippen LogP contribution is 2.42. The Morgan fingerprint density at radius 1 is 1.33 bits per heavy atom. The number of methoxy groups -OCH3 is 1. The van der Waals surface area contributed by atoms with Gasteiger partial charge in [0.05, 0.1) is 23.8 Å². The maximum atomic E-state index is 13.8. The smallest absolute Gasteiger partial charge is 0.235 e. The number of amides is 1. The first kappa shape index (κ1) is 25.8. The monoisotopic (exact) mass is 494 g/mol. The maximum absolute atomic E-state index is 13.8. The number of unbranched alkanes of at least 4 members (excludes halogenated alkanes) is 1. The number of hydrogen-bond acceptors (Lipinski definition) is 5. The fraction of sp³-hybridized carbons (Fsp3) is 0.560. The van der Waals surface area contributed by atoms with Crippen LogP contribution in [-0.2, 0) is 21.2 Å². The van der Waals surface area contributed by atoms with E-state index in [0.29, 0.717) is 21.8 Å². The number of benzene rings is 1. The zero-order chi connectivity index (χ0) is 24.1. The highest BCUT2D eigenvalue weighted by Gasteiger charge is 2.42. The molecule has 8 heteroatoms. The summed E-state index contributed by atoms with van der Waals surface area (Å²) in [5, 5.41) is 6.52. The largest absolute Gasteiger partial charge is 0.496 e. The first-order valence-electron chi connectivity index (χ1n) is 11.7. The first-order valence-corrected chi connectivity index (χ1v) is 13.9. The molecular formula is C25H35ClN2O4S. The van der Waals surface area contributed by atoms with Gasteiger partial charge in [0.2, 0.25) is 5.91 Å². The fourth-order valence-electron chi connectivity index (χ4n) is 4.74. The van der Waals surface area contributed by atoms with Gasteiger partial charge in [0.25, 0.3) is 0 Å². The minimum atomic E-state index is -3.59. The molecule has 182 valence electrons. The van der Waals surface area contributed by atoms with Crippen LogP contribution in [0.25, 0.3) is 0 Å². The van der Waals surface area contributed by atoms with E-state index in [9.17, 15) is 13.2 Å². The number of fused-ring (bicyclic) bond motifs is 1. The normalized spacial score (nSPS) is 23.9. The molecule has 3 rings (SSSR count). The lowest BCUT2D eigenvalue weighted by atomic mass is 9.86. The van der Waals surface area contributed by atoms with E-state index in [1.807, 2.05) is 12.1 Å². The van der Waals surface area contributed by atoms with Crippen LogP contribution in [0.1, 0.15) is 69.5 Å². The third-order valence-electron chi connectivity index (χ3n) is 6.68. The molecule has 0 fully saturated rings. The lowest BCUT2D eigenvalue weighted by molar-refractivity contribution is -0.118. The molecule has 1 heterocycles. The van der Waals surface area contributed by atoms with Crippen LogP contribution >= 0.6 is 11.6 Å².